The van der Waals surface area contributed by atoms with Crippen LogP contribution in [0.25, 0.3) is 6.08 Å². The van der Waals surface area contributed by atoms with E-state index in [0.717, 1.165) is 9.13 Å². The minimum absolute atomic E-state index is 0.221. The molecule has 0 saturated carbocycles. The van der Waals surface area contributed by atoms with E-state index < -0.39 is 0 Å². The van der Waals surface area contributed by atoms with Gasteiger partial charge in [-0.3, -0.25) is 4.79 Å². The van der Waals surface area contributed by atoms with Crippen LogP contribution in [0.1, 0.15) is 15.9 Å². The molecule has 0 radical (unpaired) electrons. The highest BCUT2D eigenvalue weighted by Gasteiger charge is 2.35. The monoisotopic (exact) mass is 438 g/mol. The van der Waals surface area contributed by atoms with Crippen molar-refractivity contribution in [2.45, 2.75) is 0 Å². The molecule has 6 heteroatoms. The lowest BCUT2D eigenvalue weighted by molar-refractivity contribution is 0.101. The minimum Gasteiger partial charge on any atom is -0.496 e. The summed E-state index contributed by atoms with van der Waals surface area (Å²) in [7, 11) is 4.66. The lowest BCUT2D eigenvalue weighted by Crippen LogP contribution is -2.00. The summed E-state index contributed by atoms with van der Waals surface area (Å²) in [5.41, 5.74) is 1.17. The van der Waals surface area contributed by atoms with Crippen LogP contribution in [0, 0.1) is 3.57 Å². The molecule has 0 fully saturated rings. The zero-order valence-corrected chi connectivity index (χ0v) is 15.5. The molecule has 3 rings (SSSR count). The van der Waals surface area contributed by atoms with Crippen LogP contribution < -0.4 is 18.9 Å². The number of hydrogen-bond donors (Lipinski definition) is 0. The molecule has 0 unspecified atom stereocenters. The zero-order chi connectivity index (χ0) is 17.3. The number of carbonyl (C=O) groups excluding carboxylic acids is 1. The highest BCUT2D eigenvalue weighted by Crippen LogP contribution is 2.46. The molecular formula is C18H15IO5. The zero-order valence-electron chi connectivity index (χ0n) is 13.4. The minimum atomic E-state index is -0.228. The number of carbonyl (C=O) groups is 1. The Balaban J connectivity index is 2.11. The number of rotatable bonds is 4. The fourth-order valence-electron chi connectivity index (χ4n) is 2.51. The van der Waals surface area contributed by atoms with Crippen LogP contribution in [0.3, 0.4) is 0 Å². The third-order valence-corrected chi connectivity index (χ3v) is 4.70. The van der Waals surface area contributed by atoms with Gasteiger partial charge in [-0.1, -0.05) is 18.2 Å². The van der Waals surface area contributed by atoms with Crippen LogP contribution in [0.15, 0.2) is 36.1 Å². The Hall–Kier alpha value is -2.22. The van der Waals surface area contributed by atoms with Crippen LogP contribution in [0.5, 0.6) is 23.0 Å². The summed E-state index contributed by atoms with van der Waals surface area (Å²) >= 11 is 2.10. The molecule has 2 aromatic rings. The van der Waals surface area contributed by atoms with E-state index in [9.17, 15) is 4.79 Å². The van der Waals surface area contributed by atoms with E-state index in [-0.39, 0.29) is 11.5 Å². The third-order valence-electron chi connectivity index (χ3n) is 3.68. The van der Waals surface area contributed by atoms with Gasteiger partial charge < -0.3 is 18.9 Å². The number of hydrogen-bond acceptors (Lipinski definition) is 5. The van der Waals surface area contributed by atoms with Crippen molar-refractivity contribution in [3.05, 3.63) is 50.8 Å². The Bertz CT molecular complexity index is 842. The highest BCUT2D eigenvalue weighted by molar-refractivity contribution is 14.1. The third kappa shape index (κ3) is 2.71. The van der Waals surface area contributed by atoms with Crippen molar-refractivity contribution < 1.29 is 23.7 Å². The topological polar surface area (TPSA) is 54.0 Å². The van der Waals surface area contributed by atoms with Crippen molar-refractivity contribution in [1.82, 2.24) is 0 Å². The Morgan fingerprint density at radius 2 is 1.67 bits per heavy atom. The summed E-state index contributed by atoms with van der Waals surface area (Å²) in [5.74, 6) is 2.13. The molecule has 1 heterocycles. The van der Waals surface area contributed by atoms with E-state index in [4.69, 9.17) is 18.9 Å². The molecule has 0 saturated heterocycles. The fourth-order valence-corrected chi connectivity index (χ4v) is 3.27. The van der Waals surface area contributed by atoms with Crippen molar-refractivity contribution in [2.75, 3.05) is 21.3 Å². The average molecular weight is 438 g/mol. The van der Waals surface area contributed by atoms with Gasteiger partial charge in [0.1, 0.15) is 22.8 Å². The van der Waals surface area contributed by atoms with E-state index in [1.165, 1.54) is 7.11 Å². The summed E-state index contributed by atoms with van der Waals surface area (Å²) in [4.78, 5) is 12.8. The first kappa shape index (κ1) is 16.6. The Labute approximate surface area is 153 Å². The van der Waals surface area contributed by atoms with E-state index in [1.54, 1.807) is 26.4 Å². The molecule has 0 spiro atoms. The lowest BCUT2D eigenvalue weighted by Gasteiger charge is -2.10. The number of Topliss-reactive ketones (excluding diaryl/α,β-unsaturated/α-hetero) is 1. The van der Waals surface area contributed by atoms with E-state index in [2.05, 4.69) is 22.6 Å². The first-order chi connectivity index (χ1) is 11.6. The maximum atomic E-state index is 12.8. The molecule has 5 nitrogen and oxygen atoms in total. The summed E-state index contributed by atoms with van der Waals surface area (Å²) in [6.45, 7) is 0. The van der Waals surface area contributed by atoms with Gasteiger partial charge in [-0.2, -0.15) is 0 Å². The van der Waals surface area contributed by atoms with E-state index in [0.29, 0.717) is 28.6 Å². The van der Waals surface area contributed by atoms with Gasteiger partial charge in [0.2, 0.25) is 5.78 Å². The summed E-state index contributed by atoms with van der Waals surface area (Å²) in [5, 5.41) is 0. The van der Waals surface area contributed by atoms with E-state index >= 15 is 0 Å². The van der Waals surface area contributed by atoms with Crippen molar-refractivity contribution in [3.8, 4) is 23.0 Å². The number of halogens is 1. The second-order valence-corrected chi connectivity index (χ2v) is 6.06. The van der Waals surface area contributed by atoms with Crippen LogP contribution >= 0.6 is 22.6 Å². The largest absolute Gasteiger partial charge is 0.496 e. The van der Waals surface area contributed by atoms with E-state index in [1.807, 2.05) is 24.3 Å². The van der Waals surface area contributed by atoms with Crippen LogP contribution in [-0.4, -0.2) is 27.1 Å². The van der Waals surface area contributed by atoms with Gasteiger partial charge in [0.05, 0.1) is 24.9 Å². The molecular weight excluding hydrogens is 423 g/mol. The SMILES string of the molecule is COc1ccccc1C=C1Oc2c(I)c(OC)cc(OC)c2C1=O. The number of ketones is 1. The number of allylic oxidation sites excluding steroid dienone is 1. The predicted molar refractivity (Wildman–Crippen MR) is 98.2 cm³/mol. The number of fused-ring (bicyclic) bond motifs is 1. The van der Waals surface area contributed by atoms with Crippen molar-refractivity contribution in [2.24, 2.45) is 0 Å². The number of benzene rings is 2. The van der Waals surface area contributed by atoms with Crippen LogP contribution in [0.4, 0.5) is 0 Å². The van der Waals surface area contributed by atoms with Gasteiger partial charge in [0, 0.05) is 11.6 Å². The molecule has 0 N–H and O–H groups in total. The normalized spacial score (nSPS) is 14.3. The molecule has 0 bridgehead atoms. The number of methoxy groups -OCH3 is 3. The van der Waals surface area contributed by atoms with Crippen molar-refractivity contribution in [1.29, 1.82) is 0 Å². The molecule has 1 aliphatic rings. The molecule has 124 valence electrons. The van der Waals surface area contributed by atoms with Gasteiger partial charge in [-0.25, -0.2) is 0 Å². The van der Waals surface area contributed by atoms with Gasteiger partial charge in [-0.15, -0.1) is 0 Å². The summed E-state index contributed by atoms with van der Waals surface area (Å²) in [6, 6.07) is 9.10. The van der Waals surface area contributed by atoms with Crippen molar-refractivity contribution >= 4 is 34.5 Å². The van der Waals surface area contributed by atoms with Crippen molar-refractivity contribution in [3.63, 3.8) is 0 Å². The maximum Gasteiger partial charge on any atom is 0.235 e. The molecule has 0 aliphatic carbocycles. The summed E-state index contributed by atoms with van der Waals surface area (Å²) in [6.07, 6.45) is 1.67. The molecule has 1 aliphatic heterocycles. The Morgan fingerprint density at radius 3 is 2.33 bits per heavy atom. The van der Waals surface area contributed by atoms with Crippen LogP contribution in [0.2, 0.25) is 0 Å². The van der Waals surface area contributed by atoms with Crippen LogP contribution in [-0.2, 0) is 0 Å². The molecule has 0 atom stereocenters. The first-order valence-electron chi connectivity index (χ1n) is 7.12. The first-order valence-corrected chi connectivity index (χ1v) is 8.20. The predicted octanol–water partition coefficient (Wildman–Crippen LogP) is 3.93. The maximum absolute atomic E-state index is 12.8. The summed E-state index contributed by atoms with van der Waals surface area (Å²) < 4.78 is 22.5. The van der Waals surface area contributed by atoms with Gasteiger partial charge in [-0.05, 0) is 34.7 Å². The van der Waals surface area contributed by atoms with Gasteiger partial charge in [0.25, 0.3) is 0 Å². The smallest absolute Gasteiger partial charge is 0.235 e. The number of para-hydroxylation sites is 1. The lowest BCUT2D eigenvalue weighted by atomic mass is 10.1. The molecule has 24 heavy (non-hydrogen) atoms. The van der Waals surface area contributed by atoms with Gasteiger partial charge >= 0.3 is 0 Å². The molecule has 0 amide bonds. The standard InChI is InChI=1S/C18H15IO5/c1-21-11-7-5-4-6-10(11)8-14-17(20)15-12(22-2)9-13(23-3)16(19)18(15)24-14/h4-9H,1-3H3. The highest BCUT2D eigenvalue weighted by atomic mass is 127. The number of ether oxygens (including phenoxy) is 4. The second-order valence-electron chi connectivity index (χ2n) is 4.98. The Kier molecular flexibility index (Phi) is 4.66. The molecule has 2 aromatic carbocycles. The molecule has 0 aromatic heterocycles. The second kappa shape index (κ2) is 6.72. The van der Waals surface area contributed by atoms with Gasteiger partial charge in [0.15, 0.2) is 11.5 Å². The fraction of sp³-hybridized carbons (Fsp3) is 0.167. The average Bonchev–Trinajstić information content (AvgIpc) is 2.93. The quantitative estimate of drug-likeness (QED) is 0.535. The Morgan fingerprint density at radius 1 is 1.00 bits per heavy atom.